The van der Waals surface area contributed by atoms with E-state index in [4.69, 9.17) is 19.4 Å². The summed E-state index contributed by atoms with van der Waals surface area (Å²) in [4.78, 5) is 16.2. The zero-order valence-electron chi connectivity index (χ0n) is 33.0. The van der Waals surface area contributed by atoms with E-state index in [9.17, 15) is 0 Å². The standard InChI is InChI=1S/C56H35N3OS/c1-2-12-34-30-38(22-21-33(34)11-1)54-57-55(39-24-25-43-42-17-8-10-20-50(42)61-51(43)32-39)59-56(58-54)46-27-28-49-53(45-18-7-9-19-48(45)60-49)52(46)44-26-23-37-29-35-13-3-4-14-36(35)31-47(37)41-16-6-5-15-40(41)44/h1-22,24-25,27-32,44H,23,26H2. The van der Waals surface area contributed by atoms with Crippen LogP contribution >= 0.6 is 11.3 Å². The van der Waals surface area contributed by atoms with E-state index in [1.807, 2.05) is 0 Å². The molecule has 1 aliphatic carbocycles. The SMILES string of the molecule is c1ccc2c(c1)-c1cc3ccccc3cc1CCC2c1c(-c2nc(-c3ccc4ccccc4c3)nc(-c3ccc4c(c3)sc3ccccc34)n2)ccc2oc3ccccc3c12. The van der Waals surface area contributed by atoms with Gasteiger partial charge in [0.1, 0.15) is 11.2 Å². The van der Waals surface area contributed by atoms with Crippen LogP contribution in [0.2, 0.25) is 0 Å². The predicted octanol–water partition coefficient (Wildman–Crippen LogP) is 15.2. The van der Waals surface area contributed by atoms with Crippen molar-refractivity contribution in [3.05, 3.63) is 199 Å². The Morgan fingerprint density at radius 2 is 1.10 bits per heavy atom. The van der Waals surface area contributed by atoms with Crippen LogP contribution in [0.1, 0.15) is 29.0 Å². The third-order valence-electron chi connectivity index (χ3n) is 12.8. The number of rotatable bonds is 4. The fourth-order valence-corrected chi connectivity index (χ4v) is 11.0. The lowest BCUT2D eigenvalue weighted by atomic mass is 9.81. The van der Waals surface area contributed by atoms with Crippen molar-refractivity contribution in [2.45, 2.75) is 18.8 Å². The number of hydrogen-bond acceptors (Lipinski definition) is 5. The summed E-state index contributed by atoms with van der Waals surface area (Å²) in [5.41, 5.74) is 11.1. The third-order valence-corrected chi connectivity index (χ3v) is 13.9. The average molecular weight is 798 g/mol. The summed E-state index contributed by atoms with van der Waals surface area (Å²) in [6.45, 7) is 0. The van der Waals surface area contributed by atoms with Crippen LogP contribution in [0.15, 0.2) is 186 Å². The Bertz CT molecular complexity index is 3750. The molecule has 1 unspecified atom stereocenters. The van der Waals surface area contributed by atoms with Crippen molar-refractivity contribution < 1.29 is 4.42 Å². The number of para-hydroxylation sites is 1. The molecule has 0 saturated heterocycles. The highest BCUT2D eigenvalue weighted by Crippen LogP contribution is 2.49. The molecule has 0 radical (unpaired) electrons. The van der Waals surface area contributed by atoms with Crippen LogP contribution < -0.4 is 0 Å². The molecular weight excluding hydrogens is 763 g/mol. The molecule has 4 nitrogen and oxygen atoms in total. The Hall–Kier alpha value is -7.47. The molecule has 0 saturated carbocycles. The fraction of sp³-hybridized carbons (Fsp3) is 0.0536. The van der Waals surface area contributed by atoms with Gasteiger partial charge >= 0.3 is 0 Å². The van der Waals surface area contributed by atoms with Gasteiger partial charge in [0, 0.05) is 53.6 Å². The highest BCUT2D eigenvalue weighted by molar-refractivity contribution is 7.25. The quantitative estimate of drug-likeness (QED) is 0.178. The predicted molar refractivity (Wildman–Crippen MR) is 253 cm³/mol. The minimum absolute atomic E-state index is 0.0191. The topological polar surface area (TPSA) is 51.8 Å². The molecule has 1 aliphatic rings. The maximum atomic E-state index is 6.65. The first-order chi connectivity index (χ1) is 30.2. The largest absolute Gasteiger partial charge is 0.456 e. The van der Waals surface area contributed by atoms with E-state index >= 15 is 0 Å². The number of aromatic nitrogens is 3. The molecule has 12 aromatic rings. The van der Waals surface area contributed by atoms with Crippen LogP contribution in [-0.2, 0) is 6.42 Å². The number of benzene rings is 9. The van der Waals surface area contributed by atoms with E-state index in [-0.39, 0.29) is 5.92 Å². The minimum Gasteiger partial charge on any atom is -0.456 e. The molecule has 61 heavy (non-hydrogen) atoms. The van der Waals surface area contributed by atoms with Crippen molar-refractivity contribution in [3.8, 4) is 45.3 Å². The van der Waals surface area contributed by atoms with Crippen LogP contribution in [0.25, 0.3) is 109 Å². The highest BCUT2D eigenvalue weighted by atomic mass is 32.1. The van der Waals surface area contributed by atoms with E-state index in [0.717, 1.165) is 56.9 Å². The van der Waals surface area contributed by atoms with Crippen molar-refractivity contribution in [1.29, 1.82) is 0 Å². The number of thiophene rings is 1. The number of aryl methyl sites for hydroxylation is 1. The van der Waals surface area contributed by atoms with E-state index < -0.39 is 0 Å². The fourth-order valence-electron chi connectivity index (χ4n) is 9.89. The van der Waals surface area contributed by atoms with Crippen molar-refractivity contribution in [3.63, 3.8) is 0 Å². The summed E-state index contributed by atoms with van der Waals surface area (Å²) in [5.74, 6) is 1.96. The van der Waals surface area contributed by atoms with Crippen LogP contribution in [-0.4, -0.2) is 15.0 Å². The lowest BCUT2D eigenvalue weighted by Gasteiger charge is -2.23. The van der Waals surface area contributed by atoms with E-state index in [2.05, 4.69) is 182 Å². The van der Waals surface area contributed by atoms with Gasteiger partial charge in [0.25, 0.3) is 0 Å². The smallest absolute Gasteiger partial charge is 0.164 e. The van der Waals surface area contributed by atoms with Gasteiger partial charge in [0.15, 0.2) is 17.5 Å². The summed E-state index contributed by atoms with van der Waals surface area (Å²) in [6, 6.07) is 65.4. The van der Waals surface area contributed by atoms with E-state index in [0.29, 0.717) is 17.5 Å². The second-order valence-electron chi connectivity index (χ2n) is 16.2. The van der Waals surface area contributed by atoms with Gasteiger partial charge in [0.2, 0.25) is 0 Å². The van der Waals surface area contributed by atoms with Gasteiger partial charge in [-0.1, -0.05) is 140 Å². The number of furan rings is 1. The molecular formula is C56H35N3OS. The van der Waals surface area contributed by atoms with Gasteiger partial charge < -0.3 is 4.42 Å². The van der Waals surface area contributed by atoms with Crippen LogP contribution in [0.3, 0.4) is 0 Å². The van der Waals surface area contributed by atoms with Crippen molar-refractivity contribution in [1.82, 2.24) is 15.0 Å². The molecule has 0 N–H and O–H groups in total. The van der Waals surface area contributed by atoms with Gasteiger partial charge in [0.05, 0.1) is 0 Å². The molecule has 0 aliphatic heterocycles. The Labute approximate surface area is 355 Å². The van der Waals surface area contributed by atoms with Gasteiger partial charge in [-0.2, -0.15) is 0 Å². The van der Waals surface area contributed by atoms with Gasteiger partial charge in [-0.25, -0.2) is 15.0 Å². The normalized spacial score (nSPS) is 13.9. The van der Waals surface area contributed by atoms with Crippen molar-refractivity contribution >= 4 is 75.0 Å². The second kappa shape index (κ2) is 13.5. The maximum absolute atomic E-state index is 6.65. The monoisotopic (exact) mass is 797 g/mol. The second-order valence-corrected chi connectivity index (χ2v) is 17.3. The van der Waals surface area contributed by atoms with E-state index in [1.54, 1.807) is 11.3 Å². The van der Waals surface area contributed by atoms with Gasteiger partial charge in [-0.15, -0.1) is 11.3 Å². The lowest BCUT2D eigenvalue weighted by Crippen LogP contribution is -2.08. The molecule has 1 atom stereocenters. The van der Waals surface area contributed by atoms with E-state index in [1.165, 1.54) is 64.1 Å². The molecule has 3 aromatic heterocycles. The molecule has 3 heterocycles. The summed E-state index contributed by atoms with van der Waals surface area (Å²) < 4.78 is 9.13. The molecule has 9 aromatic carbocycles. The molecule has 286 valence electrons. The first-order valence-electron chi connectivity index (χ1n) is 20.9. The van der Waals surface area contributed by atoms with Gasteiger partial charge in [-0.3, -0.25) is 0 Å². The number of hydrogen-bond donors (Lipinski definition) is 0. The lowest BCUT2D eigenvalue weighted by molar-refractivity contribution is 0.667. The zero-order chi connectivity index (χ0) is 40.0. The Kier molecular flexibility index (Phi) is 7.63. The molecule has 0 bridgehead atoms. The first kappa shape index (κ1) is 34.4. The Morgan fingerprint density at radius 1 is 0.443 bits per heavy atom. The summed E-state index contributed by atoms with van der Waals surface area (Å²) >= 11 is 1.81. The Morgan fingerprint density at radius 3 is 1.97 bits per heavy atom. The summed E-state index contributed by atoms with van der Waals surface area (Å²) in [6.07, 6.45) is 1.83. The number of fused-ring (bicyclic) bond motifs is 11. The Balaban J connectivity index is 1.08. The third kappa shape index (κ3) is 5.54. The van der Waals surface area contributed by atoms with Crippen LogP contribution in [0.5, 0.6) is 0 Å². The average Bonchev–Trinajstić information content (AvgIpc) is 3.84. The van der Waals surface area contributed by atoms with Crippen molar-refractivity contribution in [2.75, 3.05) is 0 Å². The van der Waals surface area contributed by atoms with Crippen LogP contribution in [0.4, 0.5) is 0 Å². The van der Waals surface area contributed by atoms with Crippen molar-refractivity contribution in [2.24, 2.45) is 0 Å². The summed E-state index contributed by atoms with van der Waals surface area (Å²) in [5, 5.41) is 9.57. The molecule has 0 fully saturated rings. The highest BCUT2D eigenvalue weighted by Gasteiger charge is 2.30. The molecule has 13 rings (SSSR count). The molecule has 0 amide bonds. The minimum atomic E-state index is 0.0191. The summed E-state index contributed by atoms with van der Waals surface area (Å²) in [7, 11) is 0. The van der Waals surface area contributed by atoms with Gasteiger partial charge in [-0.05, 0) is 105 Å². The molecule has 5 heteroatoms. The first-order valence-corrected chi connectivity index (χ1v) is 21.7. The zero-order valence-corrected chi connectivity index (χ0v) is 33.8. The number of nitrogens with zero attached hydrogens (tertiary/aromatic N) is 3. The maximum Gasteiger partial charge on any atom is 0.164 e. The van der Waals surface area contributed by atoms with Crippen LogP contribution in [0, 0.1) is 0 Å². The molecule has 0 spiro atoms.